The lowest BCUT2D eigenvalue weighted by Gasteiger charge is -2.02. The molecule has 0 rings (SSSR count). The second-order valence-corrected chi connectivity index (χ2v) is 4.28. The molecule has 0 radical (unpaired) electrons. The minimum Gasteiger partial charge on any atom is -0.327 e. The molecule has 5 heteroatoms. The van der Waals surface area contributed by atoms with E-state index in [9.17, 15) is 8.42 Å². The third-order valence-corrected chi connectivity index (χ3v) is 2.35. The van der Waals surface area contributed by atoms with Gasteiger partial charge >= 0.3 is 0 Å². The number of nitrogens with two attached hydrogens (primary N) is 1. The van der Waals surface area contributed by atoms with Gasteiger partial charge in [-0.05, 0) is 5.92 Å². The quantitative estimate of drug-likeness (QED) is 0.535. The van der Waals surface area contributed by atoms with Crippen molar-refractivity contribution in [2.45, 2.75) is 20.3 Å². The highest BCUT2D eigenvalue weighted by atomic mass is 32.2. The van der Waals surface area contributed by atoms with Crippen LogP contribution in [0.2, 0.25) is 0 Å². The van der Waals surface area contributed by atoms with Gasteiger partial charge in [0.15, 0.2) is 0 Å². The van der Waals surface area contributed by atoms with E-state index in [0.717, 1.165) is 6.42 Å². The van der Waals surface area contributed by atoms with Gasteiger partial charge in [-0.1, -0.05) is 26.3 Å². The van der Waals surface area contributed by atoms with Gasteiger partial charge in [0.05, 0.1) is 5.75 Å². The fourth-order valence-electron chi connectivity index (χ4n) is 0.477. The van der Waals surface area contributed by atoms with Crippen molar-refractivity contribution in [3.63, 3.8) is 0 Å². The average Bonchev–Trinajstić information content (AvgIpc) is 2.02. The average molecular weight is 209 g/mol. The van der Waals surface area contributed by atoms with Gasteiger partial charge in [0.2, 0.25) is 0 Å². The molecule has 0 saturated heterocycles. The molecule has 3 N–H and O–H groups in total. The van der Waals surface area contributed by atoms with Gasteiger partial charge in [-0.2, -0.15) is 8.42 Å². The van der Waals surface area contributed by atoms with Gasteiger partial charge in [0.25, 0.3) is 10.1 Å². The van der Waals surface area contributed by atoms with Gasteiger partial charge in [-0.15, -0.1) is 6.58 Å². The molecule has 0 heterocycles. The second-order valence-electron chi connectivity index (χ2n) is 2.79. The summed E-state index contributed by atoms with van der Waals surface area (Å²) in [6.45, 7) is 7.61. The number of hydrogen-bond donors (Lipinski definition) is 2. The molecule has 0 aliphatic carbocycles. The van der Waals surface area contributed by atoms with Gasteiger partial charge in [-0.25, -0.2) is 0 Å². The van der Waals surface area contributed by atoms with Crippen LogP contribution in [-0.4, -0.2) is 25.3 Å². The summed E-state index contributed by atoms with van der Waals surface area (Å²) in [6, 6.07) is 0. The molecule has 0 aromatic rings. The van der Waals surface area contributed by atoms with E-state index < -0.39 is 10.1 Å². The first-order valence-corrected chi connectivity index (χ1v) is 5.74. The lowest BCUT2D eigenvalue weighted by Crippen LogP contribution is -2.11. The van der Waals surface area contributed by atoms with E-state index in [-0.39, 0.29) is 11.7 Å². The first kappa shape index (κ1) is 15.1. The largest absolute Gasteiger partial charge is 0.327 e. The van der Waals surface area contributed by atoms with Crippen molar-refractivity contribution in [2.75, 3.05) is 12.3 Å². The molecule has 13 heavy (non-hydrogen) atoms. The highest BCUT2D eigenvalue weighted by Crippen LogP contribution is 2.02. The molecule has 0 bridgehead atoms. The van der Waals surface area contributed by atoms with E-state index in [0.29, 0.717) is 6.54 Å². The molecule has 4 nitrogen and oxygen atoms in total. The summed E-state index contributed by atoms with van der Waals surface area (Å²) in [5.74, 6) is -0.0660. The topological polar surface area (TPSA) is 80.4 Å². The Hall–Kier alpha value is -0.390. The summed E-state index contributed by atoms with van der Waals surface area (Å²) in [5, 5.41) is 0. The smallest absolute Gasteiger partial charge is 0.265 e. The monoisotopic (exact) mass is 209 g/mol. The van der Waals surface area contributed by atoms with Crippen LogP contribution in [0, 0.1) is 5.92 Å². The summed E-state index contributed by atoms with van der Waals surface area (Å²) in [5.41, 5.74) is 4.91. The molecule has 0 aliphatic heterocycles. The first-order valence-electron chi connectivity index (χ1n) is 4.13. The Labute approximate surface area is 80.6 Å². The fraction of sp³-hybridized carbons (Fsp3) is 0.750. The van der Waals surface area contributed by atoms with E-state index in [1.165, 1.54) is 0 Å². The van der Waals surface area contributed by atoms with Crippen molar-refractivity contribution < 1.29 is 13.0 Å². The van der Waals surface area contributed by atoms with E-state index in [1.807, 2.05) is 6.92 Å². The molecule has 0 amide bonds. The van der Waals surface area contributed by atoms with Crippen LogP contribution < -0.4 is 5.73 Å². The molecule has 80 valence electrons. The Morgan fingerprint density at radius 3 is 2.08 bits per heavy atom. The zero-order valence-electron chi connectivity index (χ0n) is 8.23. The predicted molar refractivity (Wildman–Crippen MR) is 55.1 cm³/mol. The maximum absolute atomic E-state index is 10.2. The van der Waals surface area contributed by atoms with Crippen molar-refractivity contribution in [1.29, 1.82) is 0 Å². The van der Waals surface area contributed by atoms with E-state index in [2.05, 4.69) is 6.58 Å². The minimum absolute atomic E-state index is 0.0556. The standard InChI is InChI=1S/C5H12O3S.C3H7N/c1-3-5(2)4-9(6,7)8;1-2-3-4/h5H,3-4H2,1-2H3,(H,6,7,8);2H,1,3-4H2. The first-order chi connectivity index (χ1) is 5.87. The maximum atomic E-state index is 10.2. The van der Waals surface area contributed by atoms with Crippen LogP contribution in [-0.2, 0) is 10.1 Å². The van der Waals surface area contributed by atoms with Crippen molar-refractivity contribution in [3.05, 3.63) is 12.7 Å². The van der Waals surface area contributed by atoms with Crippen LogP contribution in [0.1, 0.15) is 20.3 Å². The maximum Gasteiger partial charge on any atom is 0.265 e. The van der Waals surface area contributed by atoms with Gasteiger partial charge < -0.3 is 5.73 Å². The summed E-state index contributed by atoms with van der Waals surface area (Å²) in [7, 11) is -3.74. The number of hydrogen-bond acceptors (Lipinski definition) is 3. The van der Waals surface area contributed by atoms with Crippen LogP contribution in [0.5, 0.6) is 0 Å². The molecule has 0 fully saturated rings. The van der Waals surface area contributed by atoms with E-state index in [4.69, 9.17) is 10.3 Å². The minimum atomic E-state index is -3.74. The summed E-state index contributed by atoms with van der Waals surface area (Å²) in [4.78, 5) is 0. The second kappa shape index (κ2) is 8.22. The van der Waals surface area contributed by atoms with Crippen molar-refractivity contribution in [3.8, 4) is 0 Å². The normalized spacial score (nSPS) is 12.6. The zero-order valence-corrected chi connectivity index (χ0v) is 9.05. The Kier molecular flexibility index (Phi) is 9.55. The van der Waals surface area contributed by atoms with Gasteiger partial charge in [-0.3, -0.25) is 4.55 Å². The molecular formula is C8H19NO3S. The summed E-state index contributed by atoms with van der Waals surface area (Å²) in [6.07, 6.45) is 2.43. The lowest BCUT2D eigenvalue weighted by molar-refractivity contribution is 0.467. The highest BCUT2D eigenvalue weighted by Gasteiger charge is 2.09. The molecule has 0 saturated carbocycles. The zero-order chi connectivity index (χ0) is 10.9. The lowest BCUT2D eigenvalue weighted by atomic mass is 10.2. The Balaban J connectivity index is 0. The number of rotatable bonds is 4. The fourth-order valence-corrected chi connectivity index (χ4v) is 1.43. The molecule has 0 aromatic carbocycles. The van der Waals surface area contributed by atoms with E-state index >= 15 is 0 Å². The van der Waals surface area contributed by atoms with Crippen molar-refractivity contribution in [1.82, 2.24) is 0 Å². The van der Waals surface area contributed by atoms with E-state index in [1.54, 1.807) is 13.0 Å². The van der Waals surface area contributed by atoms with Crippen LogP contribution in [0.4, 0.5) is 0 Å². The van der Waals surface area contributed by atoms with Crippen LogP contribution in [0.25, 0.3) is 0 Å². The van der Waals surface area contributed by atoms with Gasteiger partial charge in [0, 0.05) is 6.54 Å². The molecule has 1 atom stereocenters. The molecule has 0 spiro atoms. The molecule has 0 aliphatic rings. The van der Waals surface area contributed by atoms with Crippen LogP contribution in [0.15, 0.2) is 12.7 Å². The Morgan fingerprint density at radius 1 is 1.62 bits per heavy atom. The van der Waals surface area contributed by atoms with Crippen molar-refractivity contribution in [2.24, 2.45) is 11.7 Å². The van der Waals surface area contributed by atoms with Crippen LogP contribution >= 0.6 is 0 Å². The van der Waals surface area contributed by atoms with Gasteiger partial charge in [0.1, 0.15) is 0 Å². The SMILES string of the molecule is C=CCN.CCC(C)CS(=O)(=O)O. The molecular weight excluding hydrogens is 190 g/mol. The third kappa shape index (κ3) is 18.5. The summed E-state index contributed by atoms with van der Waals surface area (Å²) < 4.78 is 28.6. The highest BCUT2D eigenvalue weighted by molar-refractivity contribution is 7.85. The Morgan fingerprint density at radius 2 is 2.00 bits per heavy atom. The predicted octanol–water partition coefficient (Wildman–Crippen LogP) is 1.05. The molecule has 1 unspecified atom stereocenters. The third-order valence-electron chi connectivity index (χ3n) is 1.36. The Bertz CT molecular complexity index is 211. The van der Waals surface area contributed by atoms with Crippen molar-refractivity contribution >= 4 is 10.1 Å². The summed E-state index contributed by atoms with van der Waals surface area (Å²) >= 11 is 0. The van der Waals surface area contributed by atoms with Crippen LogP contribution in [0.3, 0.4) is 0 Å². The molecule has 0 aromatic heterocycles.